The van der Waals surface area contributed by atoms with Gasteiger partial charge in [0.05, 0.1) is 65.3 Å². The Balaban J connectivity index is 1.14. The van der Waals surface area contributed by atoms with Crippen LogP contribution in [0.1, 0.15) is 32.9 Å². The van der Waals surface area contributed by atoms with Crippen LogP contribution >= 0.6 is 0 Å². The summed E-state index contributed by atoms with van der Waals surface area (Å²) in [6.45, 7) is 4.99. The van der Waals surface area contributed by atoms with E-state index < -0.39 is 17.4 Å². The van der Waals surface area contributed by atoms with Crippen LogP contribution in [0.15, 0.2) is 48.8 Å². The summed E-state index contributed by atoms with van der Waals surface area (Å²) in [5.41, 5.74) is 11.7. The minimum Gasteiger partial charge on any atom is -0.433 e. The van der Waals surface area contributed by atoms with Gasteiger partial charge in [0.25, 0.3) is 0 Å². The molecule has 6 heterocycles. The lowest BCUT2D eigenvalue weighted by molar-refractivity contribution is -0.0699. The van der Waals surface area contributed by atoms with Gasteiger partial charge in [-0.05, 0) is 48.7 Å². The van der Waals surface area contributed by atoms with Crippen LogP contribution in [0, 0.1) is 18.6 Å². The van der Waals surface area contributed by atoms with E-state index in [0.717, 1.165) is 56.1 Å². The molecule has 1 saturated heterocycles. The first kappa shape index (κ1) is 25.3. The molecule has 12 heteroatoms. The van der Waals surface area contributed by atoms with Crippen LogP contribution in [0.5, 0.6) is 11.6 Å². The second-order valence-corrected chi connectivity index (χ2v) is 10.3. The number of aromatic nitrogens is 5. The van der Waals surface area contributed by atoms with Gasteiger partial charge < -0.3 is 20.2 Å². The number of nitrogens with one attached hydrogen (secondary N) is 1. The first-order chi connectivity index (χ1) is 19.9. The molecular formula is C29H25F2N7O3. The smallest absolute Gasteiger partial charge is 0.219 e. The van der Waals surface area contributed by atoms with Gasteiger partial charge in [-0.2, -0.15) is 5.10 Å². The second-order valence-electron chi connectivity index (χ2n) is 10.3. The number of rotatable bonds is 6. The Kier molecular flexibility index (Phi) is 6.02. The number of nitrogens with zero attached hydrogens (tertiary/aromatic N) is 5. The molecule has 3 N–H and O–H groups in total. The van der Waals surface area contributed by atoms with Gasteiger partial charge in [0.15, 0.2) is 11.6 Å². The van der Waals surface area contributed by atoms with Crippen LogP contribution in [0.3, 0.4) is 0 Å². The predicted octanol–water partition coefficient (Wildman–Crippen LogP) is 4.09. The fourth-order valence-electron chi connectivity index (χ4n) is 5.25. The lowest BCUT2D eigenvalue weighted by Gasteiger charge is -2.39. The molecule has 0 amide bonds. The summed E-state index contributed by atoms with van der Waals surface area (Å²) >= 11 is 0. The van der Waals surface area contributed by atoms with E-state index in [4.69, 9.17) is 20.2 Å². The number of aromatic amines is 1. The third-order valence-electron chi connectivity index (χ3n) is 7.64. The number of halogens is 2. The molecule has 7 rings (SSSR count). The third kappa shape index (κ3) is 4.41. The zero-order valence-electron chi connectivity index (χ0n) is 22.0. The highest BCUT2D eigenvalue weighted by Gasteiger charge is 2.30. The topological polar surface area (TPSA) is 124 Å². The first-order valence-corrected chi connectivity index (χ1v) is 13.2. The molecule has 2 aliphatic rings. The molecule has 0 spiro atoms. The summed E-state index contributed by atoms with van der Waals surface area (Å²) in [5.74, 6) is -2.43. The van der Waals surface area contributed by atoms with Crippen molar-refractivity contribution in [3.63, 3.8) is 0 Å². The van der Waals surface area contributed by atoms with Crippen LogP contribution in [0.2, 0.25) is 0 Å². The molecule has 0 radical (unpaired) electrons. The molecule has 0 bridgehead atoms. The maximum absolute atomic E-state index is 14.0. The number of aryl methyl sites for hydroxylation is 1. The van der Waals surface area contributed by atoms with E-state index >= 15 is 0 Å². The highest BCUT2D eigenvalue weighted by Crippen LogP contribution is 2.30. The highest BCUT2D eigenvalue weighted by molar-refractivity contribution is 6.12. The van der Waals surface area contributed by atoms with Crippen molar-refractivity contribution < 1.29 is 23.0 Å². The Hall–Kier alpha value is -4.68. The molecule has 0 atom stereocenters. The monoisotopic (exact) mass is 557 g/mol. The lowest BCUT2D eigenvalue weighted by atomic mass is 10.0. The minimum atomic E-state index is -0.842. The van der Waals surface area contributed by atoms with Crippen molar-refractivity contribution in [2.45, 2.75) is 25.9 Å². The molecule has 4 aromatic heterocycles. The van der Waals surface area contributed by atoms with E-state index in [0.29, 0.717) is 28.5 Å². The number of nitrogen functional groups attached to an aromatic ring is 1. The fourth-order valence-corrected chi connectivity index (χ4v) is 5.25. The zero-order valence-corrected chi connectivity index (χ0v) is 22.0. The number of nitrogens with two attached hydrogens (primary N) is 1. The Morgan fingerprint density at radius 3 is 2.71 bits per heavy atom. The van der Waals surface area contributed by atoms with Gasteiger partial charge >= 0.3 is 0 Å². The Morgan fingerprint density at radius 1 is 1.17 bits per heavy atom. The van der Waals surface area contributed by atoms with Crippen molar-refractivity contribution in [3.8, 4) is 17.3 Å². The fraction of sp³-hybridized carbons (Fsp3) is 0.241. The van der Waals surface area contributed by atoms with E-state index in [-0.39, 0.29) is 23.0 Å². The summed E-state index contributed by atoms with van der Waals surface area (Å²) in [5, 5.41) is 4.32. The summed E-state index contributed by atoms with van der Waals surface area (Å²) in [6, 6.07) is 9.20. The number of para-hydroxylation sites is 1. The molecule has 5 aromatic rings. The van der Waals surface area contributed by atoms with Crippen molar-refractivity contribution in [1.29, 1.82) is 0 Å². The number of ether oxygens (including phenoxy) is 2. The number of fused-ring (bicyclic) bond motifs is 2. The molecular weight excluding hydrogens is 532 g/mol. The highest BCUT2D eigenvalue weighted by atomic mass is 19.1. The van der Waals surface area contributed by atoms with E-state index in [1.807, 2.05) is 0 Å². The van der Waals surface area contributed by atoms with Crippen LogP contribution < -0.4 is 10.5 Å². The number of benzene rings is 1. The summed E-state index contributed by atoms with van der Waals surface area (Å²) in [6.07, 6.45) is 3.71. The lowest BCUT2D eigenvalue weighted by Crippen LogP contribution is -2.50. The van der Waals surface area contributed by atoms with Gasteiger partial charge in [-0.25, -0.2) is 23.4 Å². The van der Waals surface area contributed by atoms with Crippen molar-refractivity contribution in [3.05, 3.63) is 88.5 Å². The number of hydrogen-bond acceptors (Lipinski definition) is 8. The number of H-pyrrole nitrogens is 1. The number of pyridine rings is 2. The largest absolute Gasteiger partial charge is 0.433 e. The maximum Gasteiger partial charge on any atom is 0.219 e. The van der Waals surface area contributed by atoms with Gasteiger partial charge in [0.1, 0.15) is 5.82 Å². The summed E-state index contributed by atoms with van der Waals surface area (Å²) < 4.78 is 40.1. The predicted molar refractivity (Wildman–Crippen MR) is 145 cm³/mol. The van der Waals surface area contributed by atoms with Crippen LogP contribution in [0.4, 0.5) is 14.6 Å². The SMILES string of the molecule is Cc1cc(Oc2c(F)cccc2F)ncc1-n1ncc(C(=O)c2cc3nc4c(cc3[nH]2)CCN(C2COC2)C4)c1N. The van der Waals surface area contributed by atoms with Gasteiger partial charge in [-0.3, -0.25) is 9.69 Å². The van der Waals surface area contributed by atoms with Crippen LogP contribution in [-0.2, 0) is 17.7 Å². The molecule has 1 aromatic carbocycles. The van der Waals surface area contributed by atoms with E-state index in [2.05, 4.69) is 26.0 Å². The van der Waals surface area contributed by atoms with Gasteiger partial charge in [0, 0.05) is 19.2 Å². The van der Waals surface area contributed by atoms with E-state index in [1.54, 1.807) is 13.0 Å². The summed E-state index contributed by atoms with van der Waals surface area (Å²) in [4.78, 5) is 28.1. The van der Waals surface area contributed by atoms with Gasteiger partial charge in [0.2, 0.25) is 17.4 Å². The molecule has 208 valence electrons. The average Bonchev–Trinajstić information content (AvgIpc) is 3.51. The molecule has 41 heavy (non-hydrogen) atoms. The second kappa shape index (κ2) is 9.75. The summed E-state index contributed by atoms with van der Waals surface area (Å²) in [7, 11) is 0. The van der Waals surface area contributed by atoms with E-state index in [1.165, 1.54) is 34.8 Å². The number of anilines is 1. The van der Waals surface area contributed by atoms with E-state index in [9.17, 15) is 13.6 Å². The molecule has 10 nitrogen and oxygen atoms in total. The number of carbonyl (C=O) groups excluding carboxylic acids is 1. The molecule has 1 fully saturated rings. The molecule has 2 aliphatic heterocycles. The molecule has 0 aliphatic carbocycles. The van der Waals surface area contributed by atoms with Crippen molar-refractivity contribution >= 4 is 22.6 Å². The van der Waals surface area contributed by atoms with Crippen LogP contribution in [-0.4, -0.2) is 61.2 Å². The first-order valence-electron chi connectivity index (χ1n) is 13.2. The van der Waals surface area contributed by atoms with Crippen molar-refractivity contribution in [2.24, 2.45) is 0 Å². The minimum absolute atomic E-state index is 0.00492. The molecule has 0 unspecified atom stereocenters. The number of carbonyl (C=O) groups is 1. The Morgan fingerprint density at radius 2 is 1.98 bits per heavy atom. The van der Waals surface area contributed by atoms with Gasteiger partial charge in [-0.1, -0.05) is 6.07 Å². The molecule has 0 saturated carbocycles. The Labute approximate surface area is 232 Å². The van der Waals surface area contributed by atoms with Crippen molar-refractivity contribution in [1.82, 2.24) is 29.6 Å². The normalized spacial score (nSPS) is 15.6. The zero-order chi connectivity index (χ0) is 28.2. The van der Waals surface area contributed by atoms with Gasteiger partial charge in [-0.15, -0.1) is 0 Å². The standard InChI is InChI=1S/C29H25F2N7O3/c1-15-7-26(41-28-19(30)3-2-4-20(28)31)33-11-25(15)38-29(32)18(10-34-38)27(39)23-9-22-21(35-23)8-16-5-6-37(12-24(16)36-22)17-13-40-14-17/h2-4,7-11,17,35H,5-6,12-14,32H2,1H3. The third-order valence-corrected chi connectivity index (χ3v) is 7.64. The number of hydrogen-bond donors (Lipinski definition) is 2. The average molecular weight is 558 g/mol. The van der Waals surface area contributed by atoms with Crippen LogP contribution in [0.25, 0.3) is 16.7 Å². The Bertz CT molecular complexity index is 1810. The quantitative estimate of drug-likeness (QED) is 0.299. The number of ketones is 1. The maximum atomic E-state index is 14.0. The van der Waals surface area contributed by atoms with Crippen molar-refractivity contribution in [2.75, 3.05) is 25.5 Å².